The van der Waals surface area contributed by atoms with E-state index < -0.39 is 54.8 Å². The number of hydrogen-bond donors (Lipinski definition) is 7. The zero-order chi connectivity index (χ0) is 25.8. The van der Waals surface area contributed by atoms with E-state index in [0.717, 1.165) is 11.1 Å². The second-order valence-corrected chi connectivity index (χ2v) is 10.2. The Balaban J connectivity index is 1.81. The van der Waals surface area contributed by atoms with E-state index in [-0.39, 0.29) is 23.0 Å². The Bertz CT molecular complexity index is 1030. The SMILES string of the molecule is CC1=C(C(=O)O)[C@@H]2CCc3cc(C(C)O)c(O[C@@H]4O[C@H](CO)[C@@H](O)[C@H](O)[C@H]4O)c(O)c3[C@@]2(C)CC1. The maximum absolute atomic E-state index is 12.1. The average Bonchev–Trinajstić information content (AvgIpc) is 2.80. The highest BCUT2D eigenvalue weighted by molar-refractivity contribution is 5.89. The summed E-state index contributed by atoms with van der Waals surface area (Å²) in [5.41, 5.74) is 2.02. The lowest BCUT2D eigenvalue weighted by Gasteiger charge is -2.47. The molecule has 2 aliphatic carbocycles. The molecular weight excluding hydrogens is 460 g/mol. The fourth-order valence-electron chi connectivity index (χ4n) is 6.04. The Morgan fingerprint density at radius 1 is 1.23 bits per heavy atom. The normalized spacial score (nSPS) is 35.8. The first kappa shape index (κ1) is 25.9. The number of rotatable bonds is 5. The summed E-state index contributed by atoms with van der Waals surface area (Å²) in [4.78, 5) is 12.1. The summed E-state index contributed by atoms with van der Waals surface area (Å²) in [6.07, 6.45) is -6.56. The maximum Gasteiger partial charge on any atom is 0.331 e. The van der Waals surface area contributed by atoms with Crippen LogP contribution >= 0.6 is 0 Å². The summed E-state index contributed by atoms with van der Waals surface area (Å²) in [5, 5.41) is 72.0. The van der Waals surface area contributed by atoms with Crippen molar-refractivity contribution in [3.05, 3.63) is 33.9 Å². The van der Waals surface area contributed by atoms with Gasteiger partial charge >= 0.3 is 5.97 Å². The van der Waals surface area contributed by atoms with E-state index in [1.807, 2.05) is 13.8 Å². The van der Waals surface area contributed by atoms with Crippen molar-refractivity contribution in [2.45, 2.75) is 88.7 Å². The van der Waals surface area contributed by atoms with Crippen molar-refractivity contribution in [1.82, 2.24) is 0 Å². The largest absolute Gasteiger partial charge is 0.504 e. The summed E-state index contributed by atoms with van der Waals surface area (Å²) < 4.78 is 11.3. The van der Waals surface area contributed by atoms with Crippen LogP contribution in [0.5, 0.6) is 11.5 Å². The van der Waals surface area contributed by atoms with E-state index in [0.29, 0.717) is 36.8 Å². The van der Waals surface area contributed by atoms with Gasteiger partial charge in [-0.1, -0.05) is 12.5 Å². The molecule has 8 atom stereocenters. The molecule has 0 aromatic heterocycles. The molecule has 4 rings (SSSR count). The van der Waals surface area contributed by atoms with Crippen LogP contribution in [0.1, 0.15) is 62.8 Å². The van der Waals surface area contributed by atoms with E-state index in [4.69, 9.17) is 9.47 Å². The number of aliphatic hydroxyl groups is 5. The lowest BCUT2D eigenvalue weighted by Crippen LogP contribution is -2.60. The minimum atomic E-state index is -1.70. The van der Waals surface area contributed by atoms with Crippen LogP contribution in [-0.4, -0.2) is 79.0 Å². The molecule has 0 saturated carbocycles. The number of ether oxygens (including phenoxy) is 2. The van der Waals surface area contributed by atoms with Crippen molar-refractivity contribution in [2.75, 3.05) is 6.61 Å². The summed E-state index contributed by atoms with van der Waals surface area (Å²) in [5.74, 6) is -1.75. The molecule has 1 unspecified atom stereocenters. The highest BCUT2D eigenvalue weighted by Crippen LogP contribution is 2.57. The van der Waals surface area contributed by atoms with E-state index in [9.17, 15) is 40.5 Å². The molecule has 0 spiro atoms. The van der Waals surface area contributed by atoms with Crippen LogP contribution in [0.3, 0.4) is 0 Å². The van der Waals surface area contributed by atoms with E-state index in [2.05, 4.69) is 0 Å². The first-order valence-electron chi connectivity index (χ1n) is 11.9. The van der Waals surface area contributed by atoms with Crippen molar-refractivity contribution < 1.29 is 50.0 Å². The summed E-state index contributed by atoms with van der Waals surface area (Å²) in [7, 11) is 0. The first-order valence-corrected chi connectivity index (χ1v) is 11.9. The van der Waals surface area contributed by atoms with E-state index in [1.165, 1.54) is 6.92 Å². The Morgan fingerprint density at radius 3 is 2.51 bits per heavy atom. The molecule has 10 heteroatoms. The van der Waals surface area contributed by atoms with E-state index >= 15 is 0 Å². The zero-order valence-electron chi connectivity index (χ0n) is 20.0. The van der Waals surface area contributed by atoms with Gasteiger partial charge in [0, 0.05) is 28.0 Å². The van der Waals surface area contributed by atoms with Gasteiger partial charge in [0.15, 0.2) is 11.5 Å². The standard InChI is InChI=1S/C25H34O10/c1-10-6-7-25(3)14(16(10)23(32)33)5-4-12-8-13(11(2)27)22(19(29)17(12)25)35-24-21(31)20(30)18(28)15(9-26)34-24/h8,11,14-15,18,20-21,24,26-31H,4-7,9H2,1-3H3,(H,32,33)/t11?,14-,15+,18+,20-,21+,24-,25-/m0/s1. The summed E-state index contributed by atoms with van der Waals surface area (Å²) >= 11 is 0. The Kier molecular flexibility index (Phi) is 6.91. The number of aliphatic carboxylic acids is 1. The first-order chi connectivity index (χ1) is 16.4. The van der Waals surface area contributed by atoms with Gasteiger partial charge in [0.05, 0.1) is 12.7 Å². The van der Waals surface area contributed by atoms with Crippen molar-refractivity contribution >= 4 is 5.97 Å². The molecule has 1 fully saturated rings. The number of benzene rings is 1. The number of aromatic hydroxyl groups is 1. The van der Waals surface area contributed by atoms with Crippen molar-refractivity contribution in [3.63, 3.8) is 0 Å². The quantitative estimate of drug-likeness (QED) is 0.307. The number of hydrogen-bond acceptors (Lipinski definition) is 9. The lowest BCUT2D eigenvalue weighted by atomic mass is 9.56. The zero-order valence-corrected chi connectivity index (χ0v) is 20.0. The smallest absolute Gasteiger partial charge is 0.331 e. The highest BCUT2D eigenvalue weighted by atomic mass is 16.7. The second-order valence-electron chi connectivity index (χ2n) is 10.2. The van der Waals surface area contributed by atoms with Crippen LogP contribution in [0.2, 0.25) is 0 Å². The Labute approximate surface area is 203 Å². The number of fused-ring (bicyclic) bond motifs is 3. The average molecular weight is 495 g/mol. The molecule has 1 heterocycles. The third-order valence-corrected chi connectivity index (χ3v) is 8.00. The van der Waals surface area contributed by atoms with Crippen LogP contribution < -0.4 is 4.74 Å². The number of carboxylic acids is 1. The Morgan fingerprint density at radius 2 is 1.91 bits per heavy atom. The number of allylic oxidation sites excluding steroid dienone is 1. The van der Waals surface area contributed by atoms with Gasteiger partial charge in [-0.3, -0.25) is 0 Å². The van der Waals surface area contributed by atoms with Gasteiger partial charge in [0.2, 0.25) is 6.29 Å². The van der Waals surface area contributed by atoms with Gasteiger partial charge in [-0.15, -0.1) is 0 Å². The van der Waals surface area contributed by atoms with Gasteiger partial charge in [-0.25, -0.2) is 4.79 Å². The molecule has 1 saturated heterocycles. The predicted octanol–water partition coefficient (Wildman–Crippen LogP) is 0.639. The topological polar surface area (TPSA) is 177 Å². The van der Waals surface area contributed by atoms with Crippen LogP contribution in [0.4, 0.5) is 0 Å². The van der Waals surface area contributed by atoms with Gasteiger partial charge in [-0.2, -0.15) is 0 Å². The van der Waals surface area contributed by atoms with Crippen molar-refractivity contribution in [3.8, 4) is 11.5 Å². The minimum absolute atomic E-state index is 0.159. The van der Waals surface area contributed by atoms with Crippen molar-refractivity contribution in [1.29, 1.82) is 0 Å². The van der Waals surface area contributed by atoms with Crippen LogP contribution in [-0.2, 0) is 21.4 Å². The summed E-state index contributed by atoms with van der Waals surface area (Å²) in [6.45, 7) is 4.59. The minimum Gasteiger partial charge on any atom is -0.504 e. The number of aliphatic hydroxyl groups excluding tert-OH is 5. The monoisotopic (exact) mass is 494 g/mol. The maximum atomic E-state index is 12.1. The highest BCUT2D eigenvalue weighted by Gasteiger charge is 2.50. The molecule has 0 radical (unpaired) electrons. The van der Waals surface area contributed by atoms with Crippen LogP contribution in [0.15, 0.2) is 17.2 Å². The predicted molar refractivity (Wildman–Crippen MR) is 122 cm³/mol. The van der Waals surface area contributed by atoms with Crippen LogP contribution in [0.25, 0.3) is 0 Å². The molecule has 194 valence electrons. The molecule has 0 bridgehead atoms. The van der Waals surface area contributed by atoms with E-state index in [1.54, 1.807) is 6.07 Å². The molecular formula is C25H34O10. The molecule has 35 heavy (non-hydrogen) atoms. The fourth-order valence-corrected chi connectivity index (χ4v) is 6.04. The third kappa shape index (κ3) is 4.12. The summed E-state index contributed by atoms with van der Waals surface area (Å²) in [6, 6.07) is 1.71. The molecule has 7 N–H and O–H groups in total. The molecule has 10 nitrogen and oxygen atoms in total. The number of phenols is 1. The van der Waals surface area contributed by atoms with Gasteiger partial charge in [0.1, 0.15) is 24.4 Å². The molecule has 1 aromatic rings. The number of carboxylic acid groups (broad SMARTS) is 1. The lowest BCUT2D eigenvalue weighted by molar-refractivity contribution is -0.277. The Hall–Kier alpha value is -2.21. The molecule has 3 aliphatic rings. The van der Waals surface area contributed by atoms with Gasteiger partial charge in [0.25, 0.3) is 0 Å². The number of aryl methyl sites for hydroxylation is 1. The second kappa shape index (κ2) is 9.34. The number of phenolic OH excluding ortho intramolecular Hbond substituents is 1. The van der Waals surface area contributed by atoms with Crippen LogP contribution in [0, 0.1) is 5.92 Å². The fraction of sp³-hybridized carbons (Fsp3) is 0.640. The van der Waals surface area contributed by atoms with Gasteiger partial charge in [-0.05, 0) is 51.2 Å². The molecule has 1 aliphatic heterocycles. The molecule has 0 amide bonds. The molecule has 1 aromatic carbocycles. The number of carbonyl (C=O) groups is 1. The third-order valence-electron chi connectivity index (χ3n) is 8.00. The van der Waals surface area contributed by atoms with Gasteiger partial charge < -0.3 is 45.2 Å². The van der Waals surface area contributed by atoms with Crippen molar-refractivity contribution in [2.24, 2.45) is 5.92 Å².